The lowest BCUT2D eigenvalue weighted by atomic mass is 9.85. The molecule has 3 heterocycles. The van der Waals surface area contributed by atoms with Crippen LogP contribution >= 0.6 is 0 Å². The molecule has 3 aromatic rings. The number of aromatic nitrogens is 1. The molecule has 0 bridgehead atoms. The monoisotopic (exact) mass is 515 g/mol. The van der Waals surface area contributed by atoms with Crippen molar-refractivity contribution in [3.8, 4) is 11.5 Å². The number of carbonyl (C=O) groups is 2. The van der Waals surface area contributed by atoms with Crippen molar-refractivity contribution in [1.29, 1.82) is 0 Å². The Hall–Kier alpha value is -3.48. The normalized spacial score (nSPS) is 22.6. The summed E-state index contributed by atoms with van der Waals surface area (Å²) in [6.07, 6.45) is 8.44. The number of piperazine rings is 1. The van der Waals surface area contributed by atoms with Gasteiger partial charge in [0.1, 0.15) is 12.6 Å². The third kappa shape index (κ3) is 4.22. The molecule has 7 heteroatoms. The molecule has 2 aliphatic heterocycles. The maximum Gasteiger partial charge on any atom is 0.246 e. The van der Waals surface area contributed by atoms with E-state index in [2.05, 4.69) is 17.1 Å². The zero-order chi connectivity index (χ0) is 26.2. The molecule has 1 saturated heterocycles. The first-order valence-corrected chi connectivity index (χ1v) is 14.1. The van der Waals surface area contributed by atoms with Crippen molar-refractivity contribution >= 4 is 22.7 Å². The minimum atomic E-state index is -0.518. The Balaban J connectivity index is 1.44. The third-order valence-electron chi connectivity index (χ3n) is 8.61. The molecule has 38 heavy (non-hydrogen) atoms. The van der Waals surface area contributed by atoms with Crippen LogP contribution in [0.2, 0.25) is 0 Å². The minimum Gasteiger partial charge on any atom is -0.493 e. The molecular formula is C31H37N3O4. The van der Waals surface area contributed by atoms with Crippen LogP contribution < -0.4 is 9.47 Å². The van der Waals surface area contributed by atoms with Gasteiger partial charge in [0.2, 0.25) is 11.8 Å². The summed E-state index contributed by atoms with van der Waals surface area (Å²) in [6.45, 7) is 2.62. The zero-order valence-electron chi connectivity index (χ0n) is 22.4. The van der Waals surface area contributed by atoms with Crippen LogP contribution in [-0.2, 0) is 16.0 Å². The van der Waals surface area contributed by atoms with Crippen LogP contribution in [0.5, 0.6) is 11.5 Å². The molecule has 2 amide bonds. The molecule has 1 N–H and O–H groups in total. The van der Waals surface area contributed by atoms with Crippen molar-refractivity contribution in [2.45, 2.75) is 76.4 Å². The Kier molecular flexibility index (Phi) is 6.76. The zero-order valence-corrected chi connectivity index (χ0v) is 22.4. The number of nitrogens with one attached hydrogen (secondary N) is 1. The first-order valence-electron chi connectivity index (χ1n) is 14.1. The number of nitrogens with zero attached hydrogens (tertiary/aromatic N) is 2. The van der Waals surface area contributed by atoms with Crippen LogP contribution in [0.1, 0.15) is 74.7 Å². The smallest absolute Gasteiger partial charge is 0.246 e. The van der Waals surface area contributed by atoms with Crippen molar-refractivity contribution in [3.05, 3.63) is 59.3 Å². The standard InChI is InChI=1S/C31H37N3O4/c1-3-38-26-16-15-20(17-27(26)37-2)30-29-23(22-13-9-10-14-24(22)32-29)18-25-31(36)33(19-28(35)34(25)30)21-11-7-5-4-6-8-12-21/h9-10,13-17,21,25,30,32H,3-8,11-12,18-19H2,1-2H3. The van der Waals surface area contributed by atoms with Crippen LogP contribution in [0.15, 0.2) is 42.5 Å². The van der Waals surface area contributed by atoms with E-state index < -0.39 is 12.1 Å². The summed E-state index contributed by atoms with van der Waals surface area (Å²) < 4.78 is 11.4. The highest BCUT2D eigenvalue weighted by Crippen LogP contribution is 2.44. The molecule has 3 aliphatic rings. The van der Waals surface area contributed by atoms with Gasteiger partial charge >= 0.3 is 0 Å². The SMILES string of the molecule is CCOc1ccc(C2c3[nH]c4ccccc4c3CC3C(=O)N(C4CCCCCCC4)CC(=O)N32)cc1OC. The molecule has 0 radical (unpaired) electrons. The van der Waals surface area contributed by atoms with Gasteiger partial charge in [0.05, 0.1) is 19.8 Å². The quantitative estimate of drug-likeness (QED) is 0.496. The van der Waals surface area contributed by atoms with Crippen LogP contribution in [0.25, 0.3) is 10.9 Å². The van der Waals surface area contributed by atoms with Crippen molar-refractivity contribution in [2.75, 3.05) is 20.3 Å². The number of fused-ring (bicyclic) bond motifs is 4. The van der Waals surface area contributed by atoms with Gasteiger partial charge in [-0.1, -0.05) is 56.4 Å². The fourth-order valence-electron chi connectivity index (χ4n) is 6.82. The van der Waals surface area contributed by atoms with Crippen LogP contribution in [0.3, 0.4) is 0 Å². The lowest BCUT2D eigenvalue weighted by Crippen LogP contribution is -2.64. The highest BCUT2D eigenvalue weighted by Gasteiger charge is 2.49. The van der Waals surface area contributed by atoms with E-state index in [1.807, 2.05) is 47.1 Å². The Bertz CT molecular complexity index is 1340. The number of rotatable bonds is 5. The van der Waals surface area contributed by atoms with Crippen LogP contribution in [-0.4, -0.2) is 58.9 Å². The average Bonchev–Trinajstić information content (AvgIpc) is 3.28. The predicted octanol–water partition coefficient (Wildman–Crippen LogP) is 5.37. The molecule has 2 fully saturated rings. The first-order chi connectivity index (χ1) is 18.6. The van der Waals surface area contributed by atoms with Gasteiger partial charge in [-0.3, -0.25) is 9.59 Å². The van der Waals surface area contributed by atoms with Crippen molar-refractivity contribution in [1.82, 2.24) is 14.8 Å². The molecule has 6 rings (SSSR count). The number of benzene rings is 2. The number of ether oxygens (including phenoxy) is 2. The Labute approximate surface area is 224 Å². The lowest BCUT2D eigenvalue weighted by Gasteiger charge is -2.49. The minimum absolute atomic E-state index is 0.0128. The third-order valence-corrected chi connectivity index (χ3v) is 8.61. The fourth-order valence-corrected chi connectivity index (χ4v) is 6.82. The highest BCUT2D eigenvalue weighted by molar-refractivity contribution is 5.98. The number of hydrogen-bond acceptors (Lipinski definition) is 4. The van der Waals surface area contributed by atoms with Gasteiger partial charge in [0, 0.05) is 29.1 Å². The lowest BCUT2D eigenvalue weighted by molar-refractivity contribution is -0.161. The van der Waals surface area contributed by atoms with E-state index in [-0.39, 0.29) is 24.4 Å². The summed E-state index contributed by atoms with van der Waals surface area (Å²) in [5, 5.41) is 1.12. The Morgan fingerprint density at radius 3 is 2.50 bits per heavy atom. The summed E-state index contributed by atoms with van der Waals surface area (Å²) in [4.78, 5) is 35.5. The van der Waals surface area contributed by atoms with Crippen LogP contribution in [0.4, 0.5) is 0 Å². The summed E-state index contributed by atoms with van der Waals surface area (Å²) in [7, 11) is 1.63. The van der Waals surface area contributed by atoms with Gasteiger partial charge < -0.3 is 24.3 Å². The van der Waals surface area contributed by atoms with E-state index in [1.165, 1.54) is 19.3 Å². The van der Waals surface area contributed by atoms with Crippen LogP contribution in [0, 0.1) is 0 Å². The van der Waals surface area contributed by atoms with Gasteiger partial charge in [0.25, 0.3) is 0 Å². The fraction of sp³-hybridized carbons (Fsp3) is 0.484. The summed E-state index contributed by atoms with van der Waals surface area (Å²) >= 11 is 0. The number of carbonyl (C=O) groups excluding carboxylic acids is 2. The number of H-pyrrole nitrogens is 1. The molecule has 1 aromatic heterocycles. The molecule has 2 unspecified atom stereocenters. The second-order valence-corrected chi connectivity index (χ2v) is 10.8. The molecule has 200 valence electrons. The van der Waals surface area contributed by atoms with Gasteiger partial charge in [-0.2, -0.15) is 0 Å². The van der Waals surface area contributed by atoms with E-state index in [4.69, 9.17) is 9.47 Å². The first kappa shape index (κ1) is 24.8. The van der Waals surface area contributed by atoms with Gasteiger partial charge in [0.15, 0.2) is 11.5 Å². The van der Waals surface area contributed by atoms with E-state index in [1.54, 1.807) is 7.11 Å². The van der Waals surface area contributed by atoms with Gasteiger partial charge in [-0.15, -0.1) is 0 Å². The van der Waals surface area contributed by atoms with Crippen molar-refractivity contribution in [2.24, 2.45) is 0 Å². The summed E-state index contributed by atoms with van der Waals surface area (Å²) in [5.74, 6) is 1.39. The molecule has 0 spiro atoms. The molecule has 7 nitrogen and oxygen atoms in total. The van der Waals surface area contributed by atoms with E-state index >= 15 is 0 Å². The summed E-state index contributed by atoms with van der Waals surface area (Å²) in [6, 6.07) is 13.3. The van der Waals surface area contributed by atoms with E-state index in [9.17, 15) is 9.59 Å². The number of methoxy groups -OCH3 is 1. The number of aromatic amines is 1. The number of amides is 2. The van der Waals surface area contributed by atoms with Crippen molar-refractivity contribution < 1.29 is 19.1 Å². The maximum atomic E-state index is 14.2. The molecule has 2 atom stereocenters. The van der Waals surface area contributed by atoms with Gasteiger partial charge in [-0.25, -0.2) is 0 Å². The second-order valence-electron chi connectivity index (χ2n) is 10.8. The maximum absolute atomic E-state index is 14.2. The molecule has 2 aromatic carbocycles. The number of para-hydroxylation sites is 1. The summed E-state index contributed by atoms with van der Waals surface area (Å²) in [5.41, 5.74) is 4.04. The highest BCUT2D eigenvalue weighted by atomic mass is 16.5. The largest absolute Gasteiger partial charge is 0.493 e. The average molecular weight is 516 g/mol. The Morgan fingerprint density at radius 2 is 1.74 bits per heavy atom. The predicted molar refractivity (Wildman–Crippen MR) is 146 cm³/mol. The van der Waals surface area contributed by atoms with E-state index in [0.717, 1.165) is 53.4 Å². The Morgan fingerprint density at radius 1 is 0.974 bits per heavy atom. The number of hydrogen-bond donors (Lipinski definition) is 1. The molecule has 1 aliphatic carbocycles. The second kappa shape index (κ2) is 10.4. The van der Waals surface area contributed by atoms with Gasteiger partial charge in [-0.05, 0) is 49.1 Å². The van der Waals surface area contributed by atoms with Crippen molar-refractivity contribution in [3.63, 3.8) is 0 Å². The topological polar surface area (TPSA) is 74.9 Å². The van der Waals surface area contributed by atoms with E-state index in [0.29, 0.717) is 24.5 Å². The molecule has 1 saturated carbocycles. The molecular weight excluding hydrogens is 478 g/mol.